The van der Waals surface area contributed by atoms with E-state index in [0.717, 1.165) is 6.42 Å². The number of anilines is 1. The number of aromatic amines is 1. The second-order valence-corrected chi connectivity index (χ2v) is 9.97. The maximum atomic E-state index is 13.5. The normalized spacial score (nSPS) is 18.8. The van der Waals surface area contributed by atoms with Crippen LogP contribution in [-0.2, 0) is 14.8 Å². The van der Waals surface area contributed by atoms with Gasteiger partial charge < -0.3 is 24.7 Å². The van der Waals surface area contributed by atoms with E-state index in [2.05, 4.69) is 20.2 Å². The van der Waals surface area contributed by atoms with Crippen LogP contribution in [0.2, 0.25) is 0 Å². The van der Waals surface area contributed by atoms with E-state index in [1.807, 2.05) is 0 Å². The van der Waals surface area contributed by atoms with Crippen molar-refractivity contribution in [3.8, 4) is 11.1 Å². The summed E-state index contributed by atoms with van der Waals surface area (Å²) in [5, 5.41) is 17.5. The fraction of sp³-hybridized carbons (Fsp3) is 0.455. The molecule has 0 aliphatic heterocycles. The van der Waals surface area contributed by atoms with Gasteiger partial charge in [-0.05, 0) is 56.9 Å². The van der Waals surface area contributed by atoms with Gasteiger partial charge in [-0.1, -0.05) is 5.16 Å². The Labute approximate surface area is 191 Å². The smallest absolute Gasteiger partial charge is 0.271 e. The number of sulfonamides is 1. The molecule has 33 heavy (non-hydrogen) atoms. The summed E-state index contributed by atoms with van der Waals surface area (Å²) in [4.78, 5) is 15.4. The van der Waals surface area contributed by atoms with Crippen molar-refractivity contribution in [1.82, 2.24) is 14.9 Å². The number of methoxy groups -OCH3 is 1. The molecule has 2 aromatic heterocycles. The lowest BCUT2D eigenvalue weighted by atomic mass is 10.0. The number of ether oxygens (including phenoxy) is 1. The van der Waals surface area contributed by atoms with Gasteiger partial charge in [-0.15, -0.1) is 0 Å². The molecule has 0 saturated heterocycles. The highest BCUT2D eigenvalue weighted by molar-refractivity contribution is 7.89. The number of pyridine rings is 1. The first-order valence-electron chi connectivity index (χ1n) is 10.8. The number of hydrogen-bond acceptors (Lipinski definition) is 8. The molecule has 1 saturated carbocycles. The number of rotatable bonds is 8. The van der Waals surface area contributed by atoms with E-state index in [-0.39, 0.29) is 16.1 Å². The minimum absolute atomic E-state index is 0.000131. The monoisotopic (exact) mass is 476 g/mol. The molecule has 0 bridgehead atoms. The van der Waals surface area contributed by atoms with Gasteiger partial charge in [0.2, 0.25) is 10.0 Å². The van der Waals surface area contributed by atoms with Gasteiger partial charge in [-0.2, -0.15) is 0 Å². The number of nitrogens with one attached hydrogen (secondary N) is 3. The molecule has 1 aromatic carbocycles. The summed E-state index contributed by atoms with van der Waals surface area (Å²) in [5.41, 5.74) is 2.05. The van der Waals surface area contributed by atoms with Crippen LogP contribution in [0.4, 0.5) is 5.69 Å². The van der Waals surface area contributed by atoms with Crippen molar-refractivity contribution in [2.75, 3.05) is 25.6 Å². The fourth-order valence-electron chi connectivity index (χ4n) is 4.30. The van der Waals surface area contributed by atoms with Gasteiger partial charge in [0.15, 0.2) is 0 Å². The second kappa shape index (κ2) is 9.26. The van der Waals surface area contributed by atoms with Crippen LogP contribution in [0.25, 0.3) is 22.0 Å². The van der Waals surface area contributed by atoms with Crippen molar-refractivity contribution in [2.24, 2.45) is 0 Å². The second-order valence-electron chi connectivity index (χ2n) is 8.29. The minimum atomic E-state index is -4.03. The van der Waals surface area contributed by atoms with Crippen molar-refractivity contribution in [1.29, 1.82) is 0 Å². The molecule has 1 fully saturated rings. The highest BCUT2D eigenvalue weighted by atomic mass is 32.2. The molecule has 4 N–H and O–H groups in total. The predicted octanol–water partition coefficient (Wildman–Crippen LogP) is 2.05. The molecule has 0 radical (unpaired) electrons. The molecular formula is C22H28N4O6S. The summed E-state index contributed by atoms with van der Waals surface area (Å²) in [6, 6.07) is 4.23. The van der Waals surface area contributed by atoms with Crippen molar-refractivity contribution >= 4 is 26.6 Å². The molecule has 11 heteroatoms. The molecule has 1 aliphatic rings. The zero-order valence-corrected chi connectivity index (χ0v) is 19.6. The average molecular weight is 477 g/mol. The fourth-order valence-corrected chi connectivity index (χ4v) is 5.84. The van der Waals surface area contributed by atoms with Crippen LogP contribution in [0.1, 0.15) is 30.7 Å². The average Bonchev–Trinajstić information content (AvgIpc) is 3.31. The van der Waals surface area contributed by atoms with Crippen LogP contribution in [0, 0.1) is 13.8 Å². The van der Waals surface area contributed by atoms with Crippen molar-refractivity contribution < 1.29 is 22.8 Å². The Morgan fingerprint density at radius 3 is 2.70 bits per heavy atom. The Balaban J connectivity index is 1.90. The van der Waals surface area contributed by atoms with E-state index in [4.69, 9.17) is 9.26 Å². The third kappa shape index (κ3) is 4.67. The van der Waals surface area contributed by atoms with Crippen molar-refractivity contribution in [3.63, 3.8) is 0 Å². The van der Waals surface area contributed by atoms with Gasteiger partial charge in [-0.25, -0.2) is 13.1 Å². The summed E-state index contributed by atoms with van der Waals surface area (Å²) in [5.74, 6) is 0.537. The van der Waals surface area contributed by atoms with Crippen molar-refractivity contribution in [2.45, 2.75) is 50.2 Å². The summed E-state index contributed by atoms with van der Waals surface area (Å²) in [6.07, 6.45) is 1.12. The first kappa shape index (κ1) is 23.4. The first-order valence-corrected chi connectivity index (χ1v) is 12.3. The van der Waals surface area contributed by atoms with Gasteiger partial charge >= 0.3 is 0 Å². The largest absolute Gasteiger partial charge is 0.391 e. The molecule has 1 unspecified atom stereocenters. The van der Waals surface area contributed by atoms with Crippen LogP contribution in [0.3, 0.4) is 0 Å². The van der Waals surface area contributed by atoms with Crippen LogP contribution in [0.15, 0.2) is 32.4 Å². The number of aryl methyl sites for hydroxylation is 2. The van der Waals surface area contributed by atoms with Crippen LogP contribution >= 0.6 is 0 Å². The topological polar surface area (TPSA) is 147 Å². The van der Waals surface area contributed by atoms with E-state index in [1.165, 1.54) is 6.07 Å². The molecule has 2 atom stereocenters. The number of hydrogen-bond donors (Lipinski definition) is 4. The molecule has 3 aromatic rings. The third-order valence-corrected chi connectivity index (χ3v) is 7.47. The van der Waals surface area contributed by atoms with Gasteiger partial charge in [0, 0.05) is 30.6 Å². The molecule has 178 valence electrons. The SMILES string of the molecule is COCCNc1cc2c(S(=O)(=O)NC3CCC[C@H]3O)cc(-c3c(C)noc3C)cc2[nH]c1=O. The van der Waals surface area contributed by atoms with Gasteiger partial charge in [0.05, 0.1) is 28.8 Å². The van der Waals surface area contributed by atoms with Crippen LogP contribution < -0.4 is 15.6 Å². The van der Waals surface area contributed by atoms with Crippen LogP contribution in [0.5, 0.6) is 0 Å². The van der Waals surface area contributed by atoms with E-state index in [9.17, 15) is 18.3 Å². The van der Waals surface area contributed by atoms with Crippen molar-refractivity contribution in [3.05, 3.63) is 40.0 Å². The summed E-state index contributed by atoms with van der Waals surface area (Å²) >= 11 is 0. The number of aromatic nitrogens is 2. The molecule has 2 heterocycles. The van der Waals surface area contributed by atoms with E-state index in [0.29, 0.717) is 59.5 Å². The van der Waals surface area contributed by atoms with E-state index >= 15 is 0 Å². The maximum Gasteiger partial charge on any atom is 0.271 e. The Hall–Kier alpha value is -2.73. The number of nitrogens with zero attached hydrogens (tertiary/aromatic N) is 1. The molecule has 10 nitrogen and oxygen atoms in total. The molecule has 1 aliphatic carbocycles. The van der Waals surface area contributed by atoms with Gasteiger partial charge in [0.1, 0.15) is 11.4 Å². The quantitative estimate of drug-likeness (QED) is 0.361. The molecule has 0 amide bonds. The van der Waals surface area contributed by atoms with E-state index in [1.54, 1.807) is 33.1 Å². The van der Waals surface area contributed by atoms with Gasteiger partial charge in [-0.3, -0.25) is 4.79 Å². The number of aliphatic hydroxyl groups excluding tert-OH is 1. The lowest BCUT2D eigenvalue weighted by Gasteiger charge is -2.18. The maximum absolute atomic E-state index is 13.5. The zero-order chi connectivity index (χ0) is 23.8. The highest BCUT2D eigenvalue weighted by Crippen LogP contribution is 2.34. The lowest BCUT2D eigenvalue weighted by molar-refractivity contribution is 0.159. The number of aliphatic hydroxyl groups is 1. The Bertz CT molecular complexity index is 1310. The number of benzene rings is 1. The zero-order valence-electron chi connectivity index (χ0n) is 18.8. The molecule has 4 rings (SSSR count). The molecule has 0 spiro atoms. The number of fused-ring (bicyclic) bond motifs is 1. The predicted molar refractivity (Wildman–Crippen MR) is 124 cm³/mol. The standard InChI is InChI=1S/C22H28N4O6S/c1-12-21(13(2)32-25-12)14-9-17-15(11-18(22(28)24-17)23-7-8-31-3)20(10-14)33(29,30)26-16-5-4-6-19(16)27/h9-11,16,19,23,26-27H,4-8H2,1-3H3,(H,24,28)/t16?,19-/m1/s1. The minimum Gasteiger partial charge on any atom is -0.391 e. The lowest BCUT2D eigenvalue weighted by Crippen LogP contribution is -2.39. The summed E-state index contributed by atoms with van der Waals surface area (Å²) < 4.78 is 39.9. The van der Waals surface area contributed by atoms with Gasteiger partial charge in [0.25, 0.3) is 5.56 Å². The van der Waals surface area contributed by atoms with Crippen LogP contribution in [-0.4, -0.2) is 56.1 Å². The Morgan fingerprint density at radius 1 is 1.27 bits per heavy atom. The Kier molecular flexibility index (Phi) is 6.57. The van der Waals surface area contributed by atoms with E-state index < -0.39 is 22.2 Å². The summed E-state index contributed by atoms with van der Waals surface area (Å²) in [6.45, 7) is 4.28. The number of H-pyrrole nitrogens is 1. The third-order valence-electron chi connectivity index (χ3n) is 5.94. The Morgan fingerprint density at radius 2 is 2.06 bits per heavy atom. The summed E-state index contributed by atoms with van der Waals surface area (Å²) in [7, 11) is -2.48. The molecular weight excluding hydrogens is 448 g/mol. The highest BCUT2D eigenvalue weighted by Gasteiger charge is 2.31. The first-order chi connectivity index (χ1) is 15.7.